The van der Waals surface area contributed by atoms with Crippen molar-refractivity contribution in [3.8, 4) is 5.75 Å². The molecule has 0 saturated carbocycles. The third kappa shape index (κ3) is 3.21. The van der Waals surface area contributed by atoms with Crippen LogP contribution in [0.5, 0.6) is 5.75 Å². The van der Waals surface area contributed by atoms with E-state index in [0.29, 0.717) is 5.82 Å². The molecule has 1 N–H and O–H groups in total. The number of nitrogens with one attached hydrogen (secondary N) is 1. The molecule has 3 nitrogen and oxygen atoms in total. The molecule has 8 heteroatoms. The van der Waals surface area contributed by atoms with E-state index in [1.807, 2.05) is 13.0 Å². The minimum absolute atomic E-state index is 0.128. The van der Waals surface area contributed by atoms with Gasteiger partial charge in [0.05, 0.1) is 17.4 Å². The van der Waals surface area contributed by atoms with Gasteiger partial charge < -0.3 is 10.1 Å². The summed E-state index contributed by atoms with van der Waals surface area (Å²) in [7, 11) is 1.33. The van der Waals surface area contributed by atoms with Gasteiger partial charge in [0.1, 0.15) is 11.6 Å². The molecule has 3 aromatic rings. The molecular formula is C16H12BrF3N2OS. The average Bonchev–Trinajstić information content (AvgIpc) is 2.82. The maximum Gasteiger partial charge on any atom is 0.416 e. The van der Waals surface area contributed by atoms with Crippen LogP contribution in [0.3, 0.4) is 0 Å². The van der Waals surface area contributed by atoms with Crippen LogP contribution in [-0.2, 0) is 6.18 Å². The SMILES string of the molecule is COc1cc(Nc2nccc3c(Br)c(C)sc23)cc(C(F)(F)F)c1. The van der Waals surface area contributed by atoms with E-state index >= 15 is 0 Å². The summed E-state index contributed by atoms with van der Waals surface area (Å²) in [4.78, 5) is 5.33. The van der Waals surface area contributed by atoms with Crippen molar-refractivity contribution in [2.45, 2.75) is 13.1 Å². The van der Waals surface area contributed by atoms with Crippen molar-refractivity contribution in [2.24, 2.45) is 0 Å². The first-order valence-electron chi connectivity index (χ1n) is 6.86. The summed E-state index contributed by atoms with van der Waals surface area (Å²) in [6.45, 7) is 1.96. The number of pyridine rings is 1. The third-order valence-corrected chi connectivity index (χ3v) is 5.85. The molecule has 24 heavy (non-hydrogen) atoms. The van der Waals surface area contributed by atoms with Crippen molar-refractivity contribution >= 4 is 48.9 Å². The zero-order valence-corrected chi connectivity index (χ0v) is 15.1. The van der Waals surface area contributed by atoms with Crippen LogP contribution >= 0.6 is 27.3 Å². The molecule has 0 saturated heterocycles. The minimum atomic E-state index is -4.45. The Morgan fingerprint density at radius 1 is 1.25 bits per heavy atom. The summed E-state index contributed by atoms with van der Waals surface area (Å²) in [5.74, 6) is 0.635. The van der Waals surface area contributed by atoms with Gasteiger partial charge in [-0.15, -0.1) is 11.3 Å². The molecular weight excluding hydrogens is 405 g/mol. The van der Waals surface area contributed by atoms with Crippen molar-refractivity contribution < 1.29 is 17.9 Å². The maximum atomic E-state index is 13.0. The van der Waals surface area contributed by atoms with Gasteiger partial charge >= 0.3 is 6.18 Å². The Hall–Kier alpha value is -1.80. The number of halogens is 4. The van der Waals surface area contributed by atoms with Crippen LogP contribution in [0, 0.1) is 6.92 Å². The fourth-order valence-electron chi connectivity index (χ4n) is 2.29. The number of rotatable bonds is 3. The van der Waals surface area contributed by atoms with Gasteiger partial charge in [-0.05, 0) is 41.1 Å². The number of thiophene rings is 1. The van der Waals surface area contributed by atoms with Gasteiger partial charge in [-0.3, -0.25) is 0 Å². The standard InChI is InChI=1S/C16H12BrF3N2OS/c1-8-13(17)12-3-4-21-15(14(12)24-8)22-10-5-9(16(18,19)20)6-11(7-10)23-2/h3-7H,1-2H3,(H,21,22). The van der Waals surface area contributed by atoms with E-state index in [9.17, 15) is 13.2 Å². The average molecular weight is 417 g/mol. The molecule has 2 aromatic heterocycles. The number of fused-ring (bicyclic) bond motifs is 1. The first kappa shape index (κ1) is 17.0. The van der Waals surface area contributed by atoms with Crippen LogP contribution in [0.4, 0.5) is 24.7 Å². The number of hydrogen-bond donors (Lipinski definition) is 1. The summed E-state index contributed by atoms with van der Waals surface area (Å²) in [6.07, 6.45) is -2.83. The monoisotopic (exact) mass is 416 g/mol. The van der Waals surface area contributed by atoms with Crippen LogP contribution in [0.1, 0.15) is 10.4 Å². The highest BCUT2D eigenvalue weighted by Gasteiger charge is 2.31. The zero-order valence-electron chi connectivity index (χ0n) is 12.7. The number of ether oxygens (including phenoxy) is 1. The van der Waals surface area contributed by atoms with Gasteiger partial charge in [-0.25, -0.2) is 4.98 Å². The zero-order chi connectivity index (χ0) is 17.5. The van der Waals surface area contributed by atoms with E-state index in [4.69, 9.17) is 4.74 Å². The summed E-state index contributed by atoms with van der Waals surface area (Å²) < 4.78 is 45.9. The molecule has 0 radical (unpaired) electrons. The number of nitrogens with zero attached hydrogens (tertiary/aromatic N) is 1. The van der Waals surface area contributed by atoms with E-state index < -0.39 is 11.7 Å². The van der Waals surface area contributed by atoms with Crippen LogP contribution < -0.4 is 10.1 Å². The first-order valence-corrected chi connectivity index (χ1v) is 8.47. The highest BCUT2D eigenvalue weighted by Crippen LogP contribution is 2.40. The van der Waals surface area contributed by atoms with Gasteiger partial charge in [0.2, 0.25) is 0 Å². The predicted molar refractivity (Wildman–Crippen MR) is 93.3 cm³/mol. The van der Waals surface area contributed by atoms with Crippen LogP contribution in [-0.4, -0.2) is 12.1 Å². The lowest BCUT2D eigenvalue weighted by Gasteiger charge is -2.13. The molecule has 0 bridgehead atoms. The summed E-state index contributed by atoms with van der Waals surface area (Å²) in [5, 5.41) is 3.94. The summed E-state index contributed by atoms with van der Waals surface area (Å²) in [6, 6.07) is 5.37. The largest absolute Gasteiger partial charge is 0.497 e. The molecule has 0 unspecified atom stereocenters. The minimum Gasteiger partial charge on any atom is -0.497 e. The Balaban J connectivity index is 2.07. The molecule has 0 fully saturated rings. The molecule has 126 valence electrons. The Morgan fingerprint density at radius 2 is 2.00 bits per heavy atom. The quantitative estimate of drug-likeness (QED) is 0.556. The molecule has 0 aliphatic heterocycles. The Morgan fingerprint density at radius 3 is 2.67 bits per heavy atom. The highest BCUT2D eigenvalue weighted by atomic mass is 79.9. The van der Waals surface area contributed by atoms with Gasteiger partial charge in [-0.1, -0.05) is 0 Å². The molecule has 0 spiro atoms. The van der Waals surface area contributed by atoms with Gasteiger partial charge in [0.25, 0.3) is 0 Å². The third-order valence-electron chi connectivity index (χ3n) is 3.44. The smallest absolute Gasteiger partial charge is 0.416 e. The number of anilines is 2. The van der Waals surface area contributed by atoms with E-state index in [2.05, 4.69) is 26.2 Å². The van der Waals surface area contributed by atoms with Crippen molar-refractivity contribution in [1.29, 1.82) is 0 Å². The predicted octanol–water partition coefficient (Wildman–Crippen LogP) is 6.14. The Labute approximate surface area is 148 Å². The van der Waals surface area contributed by atoms with Crippen molar-refractivity contribution in [2.75, 3.05) is 12.4 Å². The number of alkyl halides is 3. The second kappa shape index (κ2) is 6.25. The topological polar surface area (TPSA) is 34.1 Å². The molecule has 0 amide bonds. The molecule has 1 aromatic carbocycles. The molecule has 2 heterocycles. The lowest BCUT2D eigenvalue weighted by molar-refractivity contribution is -0.137. The highest BCUT2D eigenvalue weighted by molar-refractivity contribution is 9.10. The number of aromatic nitrogens is 1. The van der Waals surface area contributed by atoms with E-state index in [1.165, 1.54) is 24.5 Å². The molecule has 0 aliphatic carbocycles. The van der Waals surface area contributed by atoms with E-state index in [1.54, 1.807) is 6.20 Å². The van der Waals surface area contributed by atoms with Crippen molar-refractivity contribution in [1.82, 2.24) is 4.98 Å². The second-order valence-electron chi connectivity index (χ2n) is 5.08. The lowest BCUT2D eigenvalue weighted by atomic mass is 10.1. The summed E-state index contributed by atoms with van der Waals surface area (Å²) >= 11 is 5.04. The van der Waals surface area contributed by atoms with E-state index in [0.717, 1.165) is 31.6 Å². The Kier molecular flexibility index (Phi) is 4.44. The van der Waals surface area contributed by atoms with Crippen molar-refractivity contribution in [3.05, 3.63) is 45.4 Å². The number of hydrogen-bond acceptors (Lipinski definition) is 4. The number of benzene rings is 1. The van der Waals surface area contributed by atoms with Crippen LogP contribution in [0.25, 0.3) is 10.1 Å². The van der Waals surface area contributed by atoms with E-state index in [-0.39, 0.29) is 11.4 Å². The number of methoxy groups -OCH3 is 1. The summed E-state index contributed by atoms with van der Waals surface area (Å²) in [5.41, 5.74) is -0.510. The first-order chi connectivity index (χ1) is 11.3. The van der Waals surface area contributed by atoms with Crippen molar-refractivity contribution in [3.63, 3.8) is 0 Å². The molecule has 0 aliphatic rings. The molecule has 3 rings (SSSR count). The van der Waals surface area contributed by atoms with Crippen LogP contribution in [0.15, 0.2) is 34.9 Å². The second-order valence-corrected chi connectivity index (χ2v) is 7.10. The van der Waals surface area contributed by atoms with Gasteiger partial charge in [0, 0.05) is 32.7 Å². The molecule has 0 atom stereocenters. The Bertz CT molecular complexity index is 908. The van der Waals surface area contributed by atoms with Crippen LogP contribution in [0.2, 0.25) is 0 Å². The normalized spacial score (nSPS) is 11.8. The fourth-order valence-corrected chi connectivity index (χ4v) is 3.98. The number of aryl methyl sites for hydroxylation is 1. The van der Waals surface area contributed by atoms with Gasteiger partial charge in [0.15, 0.2) is 0 Å². The lowest BCUT2D eigenvalue weighted by Crippen LogP contribution is -2.06. The van der Waals surface area contributed by atoms with Gasteiger partial charge in [-0.2, -0.15) is 13.2 Å². The fraction of sp³-hybridized carbons (Fsp3) is 0.188. The maximum absolute atomic E-state index is 13.0.